The third-order valence-electron chi connectivity index (χ3n) is 0.793. The van der Waals surface area contributed by atoms with Crippen molar-refractivity contribution >= 4 is 28.9 Å². The number of ether oxygens (including phenoxy) is 1. The number of alkyl halides is 1. The van der Waals surface area contributed by atoms with Gasteiger partial charge in [0.15, 0.2) is 5.05 Å². The Morgan fingerprint density at radius 1 is 1.67 bits per heavy atom. The maximum absolute atomic E-state index is 5.37. The van der Waals surface area contributed by atoms with Crippen LogP contribution >= 0.6 is 23.8 Å². The largest absolute Gasteiger partial charge is 0.486 e. The van der Waals surface area contributed by atoms with E-state index in [9.17, 15) is 0 Å². The van der Waals surface area contributed by atoms with Crippen LogP contribution in [0.1, 0.15) is 13.8 Å². The predicted octanol–water partition coefficient (Wildman–Crippen LogP) is 2.23. The predicted molar refractivity (Wildman–Crippen MR) is 44.1 cm³/mol. The molecule has 0 aliphatic rings. The zero-order chi connectivity index (χ0) is 7.28. The van der Waals surface area contributed by atoms with Crippen LogP contribution in [0, 0.1) is 5.92 Å². The highest BCUT2D eigenvalue weighted by Gasteiger charge is 2.00. The molecule has 54 valence electrons. The molecule has 0 spiro atoms. The van der Waals surface area contributed by atoms with Crippen LogP contribution < -0.4 is 0 Å². The van der Waals surface area contributed by atoms with Gasteiger partial charge >= 0.3 is 0 Å². The van der Waals surface area contributed by atoms with E-state index >= 15 is 0 Å². The molecule has 1 nitrogen and oxygen atoms in total. The fourth-order valence-corrected chi connectivity index (χ4v) is 0.466. The molecule has 0 amide bonds. The lowest BCUT2D eigenvalue weighted by molar-refractivity contribution is 0.319. The molecule has 0 saturated heterocycles. The van der Waals surface area contributed by atoms with E-state index in [4.69, 9.17) is 28.6 Å². The zero-order valence-electron chi connectivity index (χ0n) is 5.69. The summed E-state index contributed by atoms with van der Waals surface area (Å²) in [4.78, 5) is 0. The van der Waals surface area contributed by atoms with Gasteiger partial charge in [-0.1, -0.05) is 13.8 Å². The van der Waals surface area contributed by atoms with E-state index in [0.717, 1.165) is 0 Å². The van der Waals surface area contributed by atoms with Crippen molar-refractivity contribution in [3.05, 3.63) is 0 Å². The molecule has 0 rings (SSSR count). The van der Waals surface area contributed by atoms with Gasteiger partial charge in [-0.25, -0.2) is 0 Å². The second kappa shape index (κ2) is 5.00. The minimum absolute atomic E-state index is 0.322. The van der Waals surface area contributed by atoms with Crippen LogP contribution in [-0.4, -0.2) is 17.5 Å². The molecule has 0 fully saturated rings. The Kier molecular flexibility index (Phi) is 5.10. The van der Waals surface area contributed by atoms with Gasteiger partial charge < -0.3 is 4.74 Å². The van der Waals surface area contributed by atoms with Crippen LogP contribution in [-0.2, 0) is 4.74 Å². The molecule has 0 N–H and O–H groups in total. The third-order valence-corrected chi connectivity index (χ3v) is 1.54. The summed E-state index contributed by atoms with van der Waals surface area (Å²) in [5.41, 5.74) is 0. The van der Waals surface area contributed by atoms with Gasteiger partial charge in [-0.2, -0.15) is 0 Å². The van der Waals surface area contributed by atoms with E-state index < -0.39 is 0 Å². The van der Waals surface area contributed by atoms with Crippen LogP contribution in [0.4, 0.5) is 0 Å². The van der Waals surface area contributed by atoms with Gasteiger partial charge in [0.25, 0.3) is 0 Å². The van der Waals surface area contributed by atoms with E-state index in [1.54, 1.807) is 0 Å². The van der Waals surface area contributed by atoms with Gasteiger partial charge in [-0.15, -0.1) is 11.6 Å². The average molecular weight is 167 g/mol. The van der Waals surface area contributed by atoms with Gasteiger partial charge in [-0.3, -0.25) is 0 Å². The monoisotopic (exact) mass is 166 g/mol. The number of halogens is 1. The van der Waals surface area contributed by atoms with Crippen molar-refractivity contribution in [2.75, 3.05) is 12.5 Å². The van der Waals surface area contributed by atoms with Gasteiger partial charge in [-0.05, 0) is 12.2 Å². The molecular formula is C6H11ClOS. The van der Waals surface area contributed by atoms with Gasteiger partial charge in [0, 0.05) is 5.92 Å². The minimum atomic E-state index is 0.322. The van der Waals surface area contributed by atoms with E-state index in [2.05, 4.69) is 0 Å². The smallest absolute Gasteiger partial charge is 0.162 e. The highest BCUT2D eigenvalue weighted by Crippen LogP contribution is 1.98. The number of hydrogen-bond acceptors (Lipinski definition) is 2. The lowest BCUT2D eigenvalue weighted by Gasteiger charge is -2.07. The Morgan fingerprint density at radius 3 is 2.56 bits per heavy atom. The topological polar surface area (TPSA) is 9.23 Å². The Balaban J connectivity index is 3.28. The SMILES string of the molecule is CC(C)C(=S)OCCCl. The maximum atomic E-state index is 5.37. The molecule has 0 heterocycles. The molecule has 0 aromatic rings. The second-order valence-electron chi connectivity index (χ2n) is 2.01. The van der Waals surface area contributed by atoms with Crippen molar-refractivity contribution in [1.82, 2.24) is 0 Å². The number of rotatable bonds is 3. The molecular weight excluding hydrogens is 156 g/mol. The maximum Gasteiger partial charge on any atom is 0.162 e. The molecule has 0 radical (unpaired) electrons. The normalized spacial score (nSPS) is 9.78. The standard InChI is InChI=1S/C6H11ClOS/c1-5(2)6(9)8-4-3-7/h5H,3-4H2,1-2H3. The first-order chi connectivity index (χ1) is 4.18. The van der Waals surface area contributed by atoms with Gasteiger partial charge in [0.05, 0.1) is 5.88 Å². The number of hydrogen-bond donors (Lipinski definition) is 0. The number of thiocarbonyl (C=S) groups is 1. The first-order valence-electron chi connectivity index (χ1n) is 2.91. The molecule has 0 aliphatic carbocycles. The van der Waals surface area contributed by atoms with Crippen molar-refractivity contribution in [1.29, 1.82) is 0 Å². The Bertz CT molecular complexity index is 93.1. The fraction of sp³-hybridized carbons (Fsp3) is 0.833. The fourth-order valence-electron chi connectivity index (χ4n) is 0.306. The second-order valence-corrected chi connectivity index (χ2v) is 2.79. The summed E-state index contributed by atoms with van der Waals surface area (Å²) in [6.07, 6.45) is 0. The summed E-state index contributed by atoms with van der Waals surface area (Å²) in [7, 11) is 0. The van der Waals surface area contributed by atoms with Crippen LogP contribution in [0.5, 0.6) is 0 Å². The van der Waals surface area contributed by atoms with Crippen molar-refractivity contribution < 1.29 is 4.74 Å². The van der Waals surface area contributed by atoms with E-state index in [1.807, 2.05) is 13.8 Å². The Morgan fingerprint density at radius 2 is 2.22 bits per heavy atom. The highest BCUT2D eigenvalue weighted by molar-refractivity contribution is 7.80. The van der Waals surface area contributed by atoms with Crippen molar-refractivity contribution in [2.24, 2.45) is 5.92 Å². The van der Waals surface area contributed by atoms with Crippen LogP contribution in [0.25, 0.3) is 0 Å². The Labute approximate surface area is 66.3 Å². The zero-order valence-corrected chi connectivity index (χ0v) is 7.26. The molecule has 0 unspecified atom stereocenters. The molecule has 0 atom stereocenters. The molecule has 0 bridgehead atoms. The summed E-state index contributed by atoms with van der Waals surface area (Å²) in [5.74, 6) is 0.829. The Hall–Kier alpha value is 0.180. The summed E-state index contributed by atoms with van der Waals surface area (Å²) in [5, 5.41) is 0.649. The lowest BCUT2D eigenvalue weighted by Crippen LogP contribution is -2.10. The highest BCUT2D eigenvalue weighted by atomic mass is 35.5. The van der Waals surface area contributed by atoms with E-state index in [-0.39, 0.29) is 0 Å². The molecule has 3 heteroatoms. The third kappa shape index (κ3) is 4.67. The molecule has 0 aliphatic heterocycles. The van der Waals surface area contributed by atoms with Crippen LogP contribution in [0.2, 0.25) is 0 Å². The van der Waals surface area contributed by atoms with Crippen molar-refractivity contribution in [3.8, 4) is 0 Å². The molecule has 0 aromatic heterocycles. The van der Waals surface area contributed by atoms with Crippen LogP contribution in [0.15, 0.2) is 0 Å². The van der Waals surface area contributed by atoms with E-state index in [1.165, 1.54) is 0 Å². The first-order valence-corrected chi connectivity index (χ1v) is 3.85. The molecule has 0 aromatic carbocycles. The molecule has 0 saturated carbocycles. The van der Waals surface area contributed by atoms with Crippen molar-refractivity contribution in [2.45, 2.75) is 13.8 Å². The van der Waals surface area contributed by atoms with E-state index in [0.29, 0.717) is 23.5 Å². The summed E-state index contributed by atoms with van der Waals surface area (Å²) in [6.45, 7) is 4.52. The van der Waals surface area contributed by atoms with Gasteiger partial charge in [0.1, 0.15) is 6.61 Å². The molecule has 9 heavy (non-hydrogen) atoms. The van der Waals surface area contributed by atoms with Crippen molar-refractivity contribution in [3.63, 3.8) is 0 Å². The lowest BCUT2D eigenvalue weighted by atomic mass is 10.2. The van der Waals surface area contributed by atoms with Crippen LogP contribution in [0.3, 0.4) is 0 Å². The summed E-state index contributed by atoms with van der Waals surface area (Å²) >= 11 is 10.2. The first kappa shape index (κ1) is 9.18. The summed E-state index contributed by atoms with van der Waals surface area (Å²) in [6, 6.07) is 0. The van der Waals surface area contributed by atoms with Gasteiger partial charge in [0.2, 0.25) is 0 Å². The minimum Gasteiger partial charge on any atom is -0.486 e. The average Bonchev–Trinajstić information content (AvgIpc) is 1.82. The quantitative estimate of drug-likeness (QED) is 0.470. The summed E-state index contributed by atoms with van der Waals surface area (Å²) < 4.78 is 5.05.